The molecule has 0 spiro atoms. The van der Waals surface area contributed by atoms with E-state index < -0.39 is 0 Å². The fraction of sp³-hybridized carbons (Fsp3) is 0.706. The summed E-state index contributed by atoms with van der Waals surface area (Å²) in [5, 5.41) is 0. The van der Waals surface area contributed by atoms with Crippen LogP contribution in [0.3, 0.4) is 0 Å². The highest BCUT2D eigenvalue weighted by Gasteiger charge is 2.49. The van der Waals surface area contributed by atoms with Gasteiger partial charge in [0.1, 0.15) is 0 Å². The molecule has 0 atom stereocenters. The Morgan fingerprint density at radius 2 is 1.68 bits per heavy atom. The lowest BCUT2D eigenvalue weighted by molar-refractivity contribution is -0.137. The number of allylic oxidation sites excluding steroid dienone is 3. The van der Waals surface area contributed by atoms with Crippen LogP contribution in [0, 0.1) is 23.2 Å². The van der Waals surface area contributed by atoms with E-state index in [4.69, 9.17) is 4.74 Å². The number of carbonyl (C=O) groups excluding carboxylic acids is 1. The van der Waals surface area contributed by atoms with Gasteiger partial charge >= 0.3 is 5.97 Å². The van der Waals surface area contributed by atoms with Gasteiger partial charge in [-0.1, -0.05) is 18.2 Å². The predicted octanol–water partition coefficient (Wildman–Crippen LogP) is 3.88. The van der Waals surface area contributed by atoms with Gasteiger partial charge in [0.25, 0.3) is 0 Å². The molecule has 0 amide bonds. The van der Waals surface area contributed by atoms with E-state index in [0.717, 1.165) is 17.8 Å². The number of ether oxygens (including phenoxy) is 1. The van der Waals surface area contributed by atoms with Gasteiger partial charge in [-0.3, -0.25) is 0 Å². The van der Waals surface area contributed by atoms with Gasteiger partial charge in [-0.15, -0.1) is 0 Å². The van der Waals surface area contributed by atoms with E-state index in [1.165, 1.54) is 44.6 Å². The van der Waals surface area contributed by atoms with Crippen LogP contribution in [0.2, 0.25) is 0 Å². The molecule has 0 unspecified atom stereocenters. The molecule has 2 heteroatoms. The van der Waals surface area contributed by atoms with Crippen molar-refractivity contribution in [1.82, 2.24) is 0 Å². The zero-order valence-corrected chi connectivity index (χ0v) is 11.8. The van der Waals surface area contributed by atoms with Crippen LogP contribution in [-0.4, -0.2) is 12.6 Å². The second-order valence-corrected chi connectivity index (χ2v) is 6.75. The molecule has 4 bridgehead atoms. The first-order valence-electron chi connectivity index (χ1n) is 7.72. The second kappa shape index (κ2) is 5.15. The summed E-state index contributed by atoms with van der Waals surface area (Å²) in [5.41, 5.74) is 0.452. The Morgan fingerprint density at radius 1 is 1.11 bits per heavy atom. The van der Waals surface area contributed by atoms with Crippen molar-refractivity contribution in [3.8, 4) is 0 Å². The largest absolute Gasteiger partial charge is 0.463 e. The maximum absolute atomic E-state index is 11.2. The van der Waals surface area contributed by atoms with Crippen molar-refractivity contribution in [3.63, 3.8) is 0 Å². The van der Waals surface area contributed by atoms with Gasteiger partial charge in [0.05, 0.1) is 6.61 Å². The minimum atomic E-state index is -0.238. The lowest BCUT2D eigenvalue weighted by atomic mass is 9.49. The Bertz CT molecular complexity index is 370. The number of rotatable bonds is 4. The van der Waals surface area contributed by atoms with Crippen molar-refractivity contribution in [2.24, 2.45) is 23.2 Å². The lowest BCUT2D eigenvalue weighted by Gasteiger charge is -2.55. The summed E-state index contributed by atoms with van der Waals surface area (Å²) in [6.07, 6.45) is 16.4. The third-order valence-corrected chi connectivity index (χ3v) is 5.17. The van der Waals surface area contributed by atoms with E-state index in [2.05, 4.69) is 12.2 Å². The zero-order valence-electron chi connectivity index (χ0n) is 11.8. The summed E-state index contributed by atoms with van der Waals surface area (Å²) in [6.45, 7) is 2.28. The maximum atomic E-state index is 11.2. The number of hydrogen-bond acceptors (Lipinski definition) is 2. The monoisotopic (exact) mass is 260 g/mol. The molecule has 104 valence electrons. The Kier molecular flexibility index (Phi) is 3.51. The fourth-order valence-electron chi connectivity index (χ4n) is 4.97. The van der Waals surface area contributed by atoms with Crippen molar-refractivity contribution in [2.45, 2.75) is 45.4 Å². The van der Waals surface area contributed by atoms with E-state index in [9.17, 15) is 4.79 Å². The maximum Gasteiger partial charge on any atom is 0.330 e. The van der Waals surface area contributed by atoms with E-state index in [1.54, 1.807) is 0 Å². The van der Waals surface area contributed by atoms with Crippen LogP contribution in [0.4, 0.5) is 0 Å². The van der Waals surface area contributed by atoms with Gasteiger partial charge in [0, 0.05) is 6.08 Å². The minimum Gasteiger partial charge on any atom is -0.463 e. The third-order valence-electron chi connectivity index (χ3n) is 5.17. The van der Waals surface area contributed by atoms with Gasteiger partial charge in [0.2, 0.25) is 0 Å². The van der Waals surface area contributed by atoms with Crippen molar-refractivity contribution < 1.29 is 9.53 Å². The molecule has 19 heavy (non-hydrogen) atoms. The van der Waals surface area contributed by atoms with Crippen LogP contribution in [0.5, 0.6) is 0 Å². The molecule has 4 aliphatic carbocycles. The molecule has 0 aliphatic heterocycles. The topological polar surface area (TPSA) is 26.3 Å². The molecule has 0 aromatic rings. The third kappa shape index (κ3) is 2.77. The quantitative estimate of drug-likeness (QED) is 0.435. The highest BCUT2D eigenvalue weighted by molar-refractivity contribution is 5.82. The normalized spacial score (nSPS) is 40.4. The Balaban J connectivity index is 1.61. The predicted molar refractivity (Wildman–Crippen MR) is 75.5 cm³/mol. The van der Waals surface area contributed by atoms with Crippen LogP contribution in [-0.2, 0) is 9.53 Å². The van der Waals surface area contributed by atoms with Crippen LogP contribution in [0.1, 0.15) is 45.4 Å². The average Bonchev–Trinajstić information content (AvgIpc) is 2.33. The van der Waals surface area contributed by atoms with Gasteiger partial charge < -0.3 is 4.74 Å². The van der Waals surface area contributed by atoms with Crippen molar-refractivity contribution >= 4 is 5.97 Å². The number of esters is 1. The molecule has 0 heterocycles. The SMILES string of the molecule is CCOC(=O)C=CC=CC12CC3CC(CC(C3)C1)C2. The number of carbonyl (C=O) groups is 1. The summed E-state index contributed by atoms with van der Waals surface area (Å²) in [5.74, 6) is 2.69. The minimum absolute atomic E-state index is 0.238. The molecule has 4 fully saturated rings. The standard InChI is InChI=1S/C17H24O2/c1-2-19-16(18)5-3-4-6-17-10-13-7-14(11-17)9-15(8-13)12-17/h3-6,13-15H,2,7-12H2,1H3. The Morgan fingerprint density at radius 3 is 2.21 bits per heavy atom. The molecular formula is C17H24O2. The molecule has 2 nitrogen and oxygen atoms in total. The molecule has 0 N–H and O–H groups in total. The van der Waals surface area contributed by atoms with Crippen LogP contribution in [0.15, 0.2) is 24.3 Å². The van der Waals surface area contributed by atoms with Crippen molar-refractivity contribution in [1.29, 1.82) is 0 Å². The molecule has 0 aromatic heterocycles. The zero-order chi connectivity index (χ0) is 13.3. The Labute approximate surface area is 115 Å². The van der Waals surface area contributed by atoms with Gasteiger partial charge in [-0.05, 0) is 68.6 Å². The van der Waals surface area contributed by atoms with Gasteiger partial charge in [-0.2, -0.15) is 0 Å². The average molecular weight is 260 g/mol. The second-order valence-electron chi connectivity index (χ2n) is 6.75. The van der Waals surface area contributed by atoms with E-state index in [1.807, 2.05) is 13.0 Å². The molecule has 0 aromatic carbocycles. The van der Waals surface area contributed by atoms with Crippen LogP contribution >= 0.6 is 0 Å². The first kappa shape index (κ1) is 13.0. The molecule has 4 saturated carbocycles. The van der Waals surface area contributed by atoms with E-state index >= 15 is 0 Å². The summed E-state index contributed by atoms with van der Waals surface area (Å²) in [7, 11) is 0. The van der Waals surface area contributed by atoms with Crippen molar-refractivity contribution in [3.05, 3.63) is 24.3 Å². The summed E-state index contributed by atoms with van der Waals surface area (Å²) >= 11 is 0. The van der Waals surface area contributed by atoms with Crippen LogP contribution < -0.4 is 0 Å². The van der Waals surface area contributed by atoms with Gasteiger partial charge in [-0.25, -0.2) is 4.79 Å². The number of hydrogen-bond donors (Lipinski definition) is 0. The molecule has 0 radical (unpaired) electrons. The molecular weight excluding hydrogens is 236 g/mol. The smallest absolute Gasteiger partial charge is 0.330 e. The molecule has 0 saturated heterocycles. The highest BCUT2D eigenvalue weighted by Crippen LogP contribution is 2.60. The van der Waals surface area contributed by atoms with E-state index in [-0.39, 0.29) is 5.97 Å². The summed E-state index contributed by atoms with van der Waals surface area (Å²) < 4.78 is 4.88. The Hall–Kier alpha value is -1.05. The lowest BCUT2D eigenvalue weighted by Crippen LogP contribution is -2.44. The highest BCUT2D eigenvalue weighted by atomic mass is 16.5. The molecule has 4 rings (SSSR count). The van der Waals surface area contributed by atoms with E-state index in [0.29, 0.717) is 12.0 Å². The summed E-state index contributed by atoms with van der Waals surface area (Å²) in [6, 6.07) is 0. The van der Waals surface area contributed by atoms with Crippen LogP contribution in [0.25, 0.3) is 0 Å². The molecule has 4 aliphatic rings. The first-order valence-corrected chi connectivity index (χ1v) is 7.72. The van der Waals surface area contributed by atoms with Crippen molar-refractivity contribution in [2.75, 3.05) is 6.61 Å². The van der Waals surface area contributed by atoms with Gasteiger partial charge in [0.15, 0.2) is 0 Å². The fourth-order valence-corrected chi connectivity index (χ4v) is 4.97. The first-order chi connectivity index (χ1) is 9.19. The summed E-state index contributed by atoms with van der Waals surface area (Å²) in [4.78, 5) is 11.2.